The van der Waals surface area contributed by atoms with E-state index in [1.54, 1.807) is 31.2 Å². The molecular formula is C11H10N2O2. The lowest BCUT2D eigenvalue weighted by Gasteiger charge is -2.20. The Morgan fingerprint density at radius 2 is 1.67 bits per heavy atom. The number of hydrogen-bond acceptors (Lipinski definition) is 4. The minimum absolute atomic E-state index is 0.404. The molecule has 0 N–H and O–H groups in total. The lowest BCUT2D eigenvalue weighted by Crippen LogP contribution is -2.19. The maximum atomic E-state index is 10.3. The molecule has 1 aromatic rings. The van der Waals surface area contributed by atoms with Gasteiger partial charge in [-0.3, -0.25) is 0 Å². The molecule has 4 nitrogen and oxygen atoms in total. The van der Waals surface area contributed by atoms with Crippen molar-refractivity contribution in [1.29, 1.82) is 0 Å². The fourth-order valence-electron chi connectivity index (χ4n) is 1.37. The van der Waals surface area contributed by atoms with Crippen LogP contribution in [0.3, 0.4) is 0 Å². The second kappa shape index (κ2) is 5.01. The lowest BCUT2D eigenvalue weighted by molar-refractivity contribution is 0.440. The summed E-state index contributed by atoms with van der Waals surface area (Å²) in [6.45, 7) is 1.79. The maximum Gasteiger partial charge on any atom is 0.237 e. The van der Waals surface area contributed by atoms with Gasteiger partial charge in [0, 0.05) is 5.56 Å². The van der Waals surface area contributed by atoms with Gasteiger partial charge in [0.25, 0.3) is 0 Å². The van der Waals surface area contributed by atoms with Crippen LogP contribution in [0.5, 0.6) is 0 Å². The number of isocyanates is 2. The lowest BCUT2D eigenvalue weighted by atomic mass is 9.98. The monoisotopic (exact) mass is 202 g/mol. The van der Waals surface area contributed by atoms with Crippen molar-refractivity contribution in [2.45, 2.75) is 19.0 Å². The zero-order chi connectivity index (χ0) is 11.1. The van der Waals surface area contributed by atoms with E-state index in [4.69, 9.17) is 0 Å². The highest BCUT2D eigenvalue weighted by molar-refractivity contribution is 5.42. The van der Waals surface area contributed by atoms with Crippen LogP contribution >= 0.6 is 0 Å². The quantitative estimate of drug-likeness (QED) is 0.553. The van der Waals surface area contributed by atoms with E-state index in [0.29, 0.717) is 12.0 Å². The maximum absolute atomic E-state index is 10.3. The first kappa shape index (κ1) is 11.1. The van der Waals surface area contributed by atoms with Crippen LogP contribution in [0.1, 0.15) is 18.9 Å². The first-order valence-corrected chi connectivity index (χ1v) is 4.52. The van der Waals surface area contributed by atoms with E-state index in [1.165, 1.54) is 12.2 Å². The van der Waals surface area contributed by atoms with Crippen LogP contribution in [0.4, 0.5) is 0 Å². The summed E-state index contributed by atoms with van der Waals surface area (Å²) in [5.41, 5.74) is -0.482. The number of aliphatic imine (C=N–C) groups is 2. The van der Waals surface area contributed by atoms with Crippen molar-refractivity contribution < 1.29 is 9.59 Å². The Kier molecular flexibility index (Phi) is 3.69. The Balaban J connectivity index is 3.33. The molecule has 0 atom stereocenters. The van der Waals surface area contributed by atoms with Gasteiger partial charge in [-0.25, -0.2) is 9.59 Å². The van der Waals surface area contributed by atoms with Crippen LogP contribution in [0.25, 0.3) is 0 Å². The van der Waals surface area contributed by atoms with E-state index in [-0.39, 0.29) is 0 Å². The van der Waals surface area contributed by atoms with Gasteiger partial charge >= 0.3 is 0 Å². The summed E-state index contributed by atoms with van der Waals surface area (Å²) in [7, 11) is 0. The first-order chi connectivity index (χ1) is 7.29. The summed E-state index contributed by atoms with van der Waals surface area (Å²) in [6.07, 6.45) is 3.29. The van der Waals surface area contributed by atoms with E-state index in [2.05, 4.69) is 9.98 Å². The third-order valence-corrected chi connectivity index (χ3v) is 2.19. The number of nitrogens with zero attached hydrogens (tertiary/aromatic N) is 2. The predicted molar refractivity (Wildman–Crippen MR) is 54.7 cm³/mol. The second-order valence-electron chi connectivity index (χ2n) is 2.94. The van der Waals surface area contributed by atoms with Gasteiger partial charge in [0.2, 0.25) is 12.2 Å². The molecule has 15 heavy (non-hydrogen) atoms. The topological polar surface area (TPSA) is 58.9 Å². The molecule has 4 heteroatoms. The van der Waals surface area contributed by atoms with Gasteiger partial charge in [-0.05, 0) is 6.42 Å². The highest BCUT2D eigenvalue weighted by Gasteiger charge is 2.29. The largest absolute Gasteiger partial charge is 0.237 e. The Bertz CT molecular complexity index is 397. The zero-order valence-electron chi connectivity index (χ0n) is 8.30. The van der Waals surface area contributed by atoms with Crippen LogP contribution in [-0.4, -0.2) is 12.2 Å². The zero-order valence-corrected chi connectivity index (χ0v) is 8.30. The van der Waals surface area contributed by atoms with Gasteiger partial charge in [0.15, 0.2) is 5.66 Å². The summed E-state index contributed by atoms with van der Waals surface area (Å²) >= 11 is 0. The number of benzene rings is 1. The Morgan fingerprint density at radius 1 is 1.13 bits per heavy atom. The van der Waals surface area contributed by atoms with Crippen LogP contribution in [0.2, 0.25) is 0 Å². The molecule has 0 saturated heterocycles. The number of rotatable bonds is 4. The molecule has 0 radical (unpaired) electrons. The van der Waals surface area contributed by atoms with E-state index < -0.39 is 5.66 Å². The molecule has 1 aromatic carbocycles. The third-order valence-electron chi connectivity index (χ3n) is 2.19. The average Bonchev–Trinajstić information content (AvgIpc) is 2.30. The molecule has 1 rings (SSSR count). The molecule has 0 aliphatic rings. The summed E-state index contributed by atoms with van der Waals surface area (Å²) in [6, 6.07) is 8.93. The predicted octanol–water partition coefficient (Wildman–Crippen LogP) is 1.92. The van der Waals surface area contributed by atoms with E-state index in [1.807, 2.05) is 6.07 Å². The van der Waals surface area contributed by atoms with Crippen molar-refractivity contribution in [1.82, 2.24) is 0 Å². The molecule has 0 aromatic heterocycles. The van der Waals surface area contributed by atoms with Crippen LogP contribution in [-0.2, 0) is 15.3 Å². The summed E-state index contributed by atoms with van der Waals surface area (Å²) in [4.78, 5) is 27.9. The Labute approximate surface area is 87.4 Å². The van der Waals surface area contributed by atoms with Gasteiger partial charge in [-0.2, -0.15) is 9.98 Å². The molecule has 0 aliphatic carbocycles. The van der Waals surface area contributed by atoms with Gasteiger partial charge < -0.3 is 0 Å². The molecule has 76 valence electrons. The highest BCUT2D eigenvalue weighted by Crippen LogP contribution is 2.30. The fourth-order valence-corrected chi connectivity index (χ4v) is 1.37. The SMILES string of the molecule is CCC(N=C=O)(N=C=O)c1ccccc1. The summed E-state index contributed by atoms with van der Waals surface area (Å²) in [5.74, 6) is 0. The van der Waals surface area contributed by atoms with Crippen LogP contribution in [0.15, 0.2) is 40.3 Å². The minimum atomic E-state index is -1.16. The third kappa shape index (κ3) is 2.26. The van der Waals surface area contributed by atoms with E-state index in [9.17, 15) is 9.59 Å². The molecule has 0 amide bonds. The minimum Gasteiger partial charge on any atom is -0.211 e. The Morgan fingerprint density at radius 3 is 2.07 bits per heavy atom. The first-order valence-electron chi connectivity index (χ1n) is 4.52. The van der Waals surface area contributed by atoms with Crippen molar-refractivity contribution in [3.63, 3.8) is 0 Å². The summed E-state index contributed by atoms with van der Waals surface area (Å²) < 4.78 is 0. The standard InChI is InChI=1S/C11H10N2O2/c1-2-11(12-8-14,13-9-15)10-6-4-3-5-7-10/h3-7H,2H2,1H3. The van der Waals surface area contributed by atoms with E-state index in [0.717, 1.165) is 0 Å². The highest BCUT2D eigenvalue weighted by atomic mass is 16.1. The Hall–Kier alpha value is -2.02. The number of hydrogen-bond donors (Lipinski definition) is 0. The van der Waals surface area contributed by atoms with Crippen molar-refractivity contribution in [3.05, 3.63) is 35.9 Å². The van der Waals surface area contributed by atoms with Gasteiger partial charge in [0.1, 0.15) is 0 Å². The van der Waals surface area contributed by atoms with Crippen LogP contribution in [0, 0.1) is 0 Å². The van der Waals surface area contributed by atoms with Gasteiger partial charge in [0.05, 0.1) is 0 Å². The summed E-state index contributed by atoms with van der Waals surface area (Å²) in [5, 5.41) is 0. The molecule has 0 saturated carbocycles. The van der Waals surface area contributed by atoms with Gasteiger partial charge in [-0.1, -0.05) is 37.3 Å². The molecule has 0 aliphatic heterocycles. The average molecular weight is 202 g/mol. The van der Waals surface area contributed by atoms with Crippen molar-refractivity contribution in [2.75, 3.05) is 0 Å². The molecule has 0 bridgehead atoms. The van der Waals surface area contributed by atoms with E-state index >= 15 is 0 Å². The normalized spacial score (nSPS) is 13.1. The van der Waals surface area contributed by atoms with Gasteiger partial charge in [-0.15, -0.1) is 0 Å². The molecule has 0 spiro atoms. The molecule has 0 fully saturated rings. The molecule has 0 heterocycles. The fraction of sp³-hybridized carbons (Fsp3) is 0.273. The molecule has 0 unspecified atom stereocenters. The van der Waals surface area contributed by atoms with Crippen molar-refractivity contribution >= 4 is 12.2 Å². The van der Waals surface area contributed by atoms with Crippen molar-refractivity contribution in [2.24, 2.45) is 9.98 Å². The second-order valence-corrected chi connectivity index (χ2v) is 2.94. The molecular weight excluding hydrogens is 192 g/mol. The van der Waals surface area contributed by atoms with Crippen LogP contribution < -0.4 is 0 Å². The number of carbonyl (C=O) groups excluding carboxylic acids is 2. The van der Waals surface area contributed by atoms with Crippen molar-refractivity contribution in [3.8, 4) is 0 Å². The smallest absolute Gasteiger partial charge is 0.211 e.